The molecule has 1 heterocycles. The Morgan fingerprint density at radius 1 is 1.17 bits per heavy atom. The van der Waals surface area contributed by atoms with Gasteiger partial charge in [-0.1, -0.05) is 12.1 Å². The molecule has 0 radical (unpaired) electrons. The largest absolute Gasteiger partial charge is 0.497 e. The summed E-state index contributed by atoms with van der Waals surface area (Å²) in [4.78, 5) is 11.1. The number of aromatic carboxylic acids is 1. The number of nitrogens with zero attached hydrogens (tertiary/aromatic N) is 1. The highest BCUT2D eigenvalue weighted by atomic mass is 16.5. The minimum atomic E-state index is -1.06. The van der Waals surface area contributed by atoms with E-state index in [4.69, 9.17) is 14.6 Å². The Hall–Kier alpha value is -3.02. The number of carbonyl (C=O) groups is 1. The molecule has 0 bridgehead atoms. The first-order valence-electron chi connectivity index (χ1n) is 7.14. The van der Waals surface area contributed by atoms with Crippen LogP contribution < -0.4 is 9.47 Å². The Morgan fingerprint density at radius 2 is 1.91 bits per heavy atom. The second-order valence-electron chi connectivity index (χ2n) is 5.03. The molecule has 23 heavy (non-hydrogen) atoms. The van der Waals surface area contributed by atoms with Crippen LogP contribution in [0.5, 0.6) is 11.5 Å². The highest BCUT2D eigenvalue weighted by Gasteiger charge is 2.13. The maximum absolute atomic E-state index is 11.1. The maximum Gasteiger partial charge on any atom is 0.357 e. The number of rotatable bonds is 6. The van der Waals surface area contributed by atoms with E-state index < -0.39 is 5.97 Å². The Kier molecular flexibility index (Phi) is 4.14. The van der Waals surface area contributed by atoms with Gasteiger partial charge in [0.1, 0.15) is 11.5 Å². The van der Waals surface area contributed by atoms with E-state index in [9.17, 15) is 4.79 Å². The van der Waals surface area contributed by atoms with Gasteiger partial charge in [-0.15, -0.1) is 0 Å². The maximum atomic E-state index is 11.1. The van der Waals surface area contributed by atoms with E-state index in [1.54, 1.807) is 25.3 Å². The third-order valence-corrected chi connectivity index (χ3v) is 3.56. The molecule has 6 nitrogen and oxygen atoms in total. The summed E-state index contributed by atoms with van der Waals surface area (Å²) < 4.78 is 10.8. The summed E-state index contributed by atoms with van der Waals surface area (Å²) in [5.41, 5.74) is 1.81. The van der Waals surface area contributed by atoms with Crippen LogP contribution in [0.3, 0.4) is 0 Å². The molecule has 0 unspecified atom stereocenters. The molecule has 3 rings (SSSR count). The number of carboxylic acids is 1. The Bertz CT molecular complexity index is 824. The first kappa shape index (κ1) is 14.9. The van der Waals surface area contributed by atoms with Crippen molar-refractivity contribution in [3.8, 4) is 11.5 Å². The average Bonchev–Trinajstić information content (AvgIpc) is 2.99. The fraction of sp³-hybridized carbons (Fsp3) is 0.176. The van der Waals surface area contributed by atoms with Gasteiger partial charge in [-0.2, -0.15) is 5.10 Å². The van der Waals surface area contributed by atoms with Gasteiger partial charge < -0.3 is 14.6 Å². The van der Waals surface area contributed by atoms with Gasteiger partial charge in [-0.05, 0) is 35.9 Å². The number of nitrogens with one attached hydrogen (secondary N) is 1. The van der Waals surface area contributed by atoms with Crippen molar-refractivity contribution in [3.63, 3.8) is 0 Å². The second-order valence-corrected chi connectivity index (χ2v) is 5.03. The number of benzene rings is 2. The van der Waals surface area contributed by atoms with Gasteiger partial charge in [-0.3, -0.25) is 5.10 Å². The second kappa shape index (κ2) is 6.39. The molecular formula is C17H16N2O4. The molecule has 0 fully saturated rings. The number of fused-ring (bicyclic) bond motifs is 1. The predicted molar refractivity (Wildman–Crippen MR) is 85.2 cm³/mol. The summed E-state index contributed by atoms with van der Waals surface area (Å²) in [6.07, 6.45) is 0.749. The number of aromatic nitrogens is 2. The van der Waals surface area contributed by atoms with Crippen LogP contribution >= 0.6 is 0 Å². The van der Waals surface area contributed by atoms with Gasteiger partial charge >= 0.3 is 5.97 Å². The van der Waals surface area contributed by atoms with E-state index in [0.717, 1.165) is 17.7 Å². The molecule has 6 heteroatoms. The summed E-state index contributed by atoms with van der Waals surface area (Å²) in [6.45, 7) is 0.498. The lowest BCUT2D eigenvalue weighted by Crippen LogP contribution is -2.01. The normalized spacial score (nSPS) is 10.7. The highest BCUT2D eigenvalue weighted by Crippen LogP contribution is 2.22. The smallest absolute Gasteiger partial charge is 0.357 e. The minimum absolute atomic E-state index is 0.000560. The predicted octanol–water partition coefficient (Wildman–Crippen LogP) is 2.89. The number of carboxylic acid groups (broad SMARTS) is 1. The molecule has 0 saturated carbocycles. The SMILES string of the molecule is COc1ccc(CCOc2ccc3[nH]nc(C(=O)O)c3c2)cc1. The first-order valence-corrected chi connectivity index (χ1v) is 7.14. The standard InChI is InChI=1S/C17H16N2O4/c1-22-12-4-2-11(3-5-12)8-9-23-13-6-7-15-14(10-13)16(17(20)21)19-18-15/h2-7,10H,8-9H2,1H3,(H,18,19)(H,20,21). The fourth-order valence-corrected chi connectivity index (χ4v) is 2.32. The van der Waals surface area contributed by atoms with Crippen molar-refractivity contribution < 1.29 is 19.4 Å². The van der Waals surface area contributed by atoms with Gasteiger partial charge in [0.2, 0.25) is 0 Å². The zero-order chi connectivity index (χ0) is 16.2. The molecule has 0 atom stereocenters. The zero-order valence-electron chi connectivity index (χ0n) is 12.6. The third kappa shape index (κ3) is 3.26. The molecule has 3 aromatic rings. The first-order chi connectivity index (χ1) is 11.2. The van der Waals surface area contributed by atoms with Crippen molar-refractivity contribution in [2.45, 2.75) is 6.42 Å². The molecule has 2 aromatic carbocycles. The van der Waals surface area contributed by atoms with Crippen LogP contribution in [0, 0.1) is 0 Å². The third-order valence-electron chi connectivity index (χ3n) is 3.56. The zero-order valence-corrected chi connectivity index (χ0v) is 12.6. The monoisotopic (exact) mass is 312 g/mol. The van der Waals surface area contributed by atoms with E-state index in [1.165, 1.54) is 0 Å². The molecule has 0 spiro atoms. The van der Waals surface area contributed by atoms with Crippen LogP contribution in [0.15, 0.2) is 42.5 Å². The van der Waals surface area contributed by atoms with Gasteiger partial charge in [0.15, 0.2) is 5.69 Å². The molecule has 0 aliphatic carbocycles. The molecule has 0 aliphatic rings. The number of hydrogen-bond donors (Lipinski definition) is 2. The van der Waals surface area contributed by atoms with Crippen LogP contribution in [-0.4, -0.2) is 35.0 Å². The molecule has 118 valence electrons. The number of ether oxygens (including phenoxy) is 2. The van der Waals surface area contributed by atoms with Crippen molar-refractivity contribution in [1.29, 1.82) is 0 Å². The van der Waals surface area contributed by atoms with Gasteiger partial charge in [0, 0.05) is 11.8 Å². The van der Waals surface area contributed by atoms with Crippen LogP contribution in [0.2, 0.25) is 0 Å². The lowest BCUT2D eigenvalue weighted by Gasteiger charge is -2.07. The van der Waals surface area contributed by atoms with Gasteiger partial charge in [-0.25, -0.2) is 4.79 Å². The van der Waals surface area contributed by atoms with E-state index in [2.05, 4.69) is 10.2 Å². The van der Waals surface area contributed by atoms with Crippen molar-refractivity contribution >= 4 is 16.9 Å². The summed E-state index contributed by atoms with van der Waals surface area (Å²) in [5, 5.41) is 16.1. The summed E-state index contributed by atoms with van der Waals surface area (Å²) >= 11 is 0. The lowest BCUT2D eigenvalue weighted by atomic mass is 10.1. The molecule has 0 saturated heterocycles. The summed E-state index contributed by atoms with van der Waals surface area (Å²) in [7, 11) is 1.63. The van der Waals surface area contributed by atoms with Crippen molar-refractivity contribution in [2.24, 2.45) is 0 Å². The Balaban J connectivity index is 1.66. The number of H-pyrrole nitrogens is 1. The number of aromatic amines is 1. The van der Waals surface area contributed by atoms with Crippen LogP contribution in [0.4, 0.5) is 0 Å². The summed E-state index contributed by atoms with van der Waals surface area (Å²) in [5.74, 6) is 0.378. The Morgan fingerprint density at radius 3 is 2.61 bits per heavy atom. The Labute approximate surface area is 132 Å². The average molecular weight is 312 g/mol. The van der Waals surface area contributed by atoms with Crippen LogP contribution in [-0.2, 0) is 6.42 Å². The molecule has 0 aliphatic heterocycles. The van der Waals surface area contributed by atoms with E-state index >= 15 is 0 Å². The molecule has 1 aromatic heterocycles. The minimum Gasteiger partial charge on any atom is -0.497 e. The van der Waals surface area contributed by atoms with Gasteiger partial charge in [0.05, 0.1) is 19.2 Å². The summed E-state index contributed by atoms with van der Waals surface area (Å²) in [6, 6.07) is 13.0. The van der Waals surface area contributed by atoms with E-state index in [1.807, 2.05) is 24.3 Å². The topological polar surface area (TPSA) is 84.4 Å². The highest BCUT2D eigenvalue weighted by molar-refractivity contribution is 6.01. The van der Waals surface area contributed by atoms with Crippen molar-refractivity contribution in [3.05, 3.63) is 53.7 Å². The van der Waals surface area contributed by atoms with Crippen LogP contribution in [0.25, 0.3) is 10.9 Å². The number of methoxy groups -OCH3 is 1. The van der Waals surface area contributed by atoms with E-state index in [0.29, 0.717) is 23.3 Å². The molecule has 2 N–H and O–H groups in total. The van der Waals surface area contributed by atoms with Crippen molar-refractivity contribution in [1.82, 2.24) is 10.2 Å². The molecule has 0 amide bonds. The molecular weight excluding hydrogens is 296 g/mol. The van der Waals surface area contributed by atoms with E-state index in [-0.39, 0.29) is 5.69 Å². The van der Waals surface area contributed by atoms with Crippen LogP contribution in [0.1, 0.15) is 16.1 Å². The van der Waals surface area contributed by atoms with Crippen molar-refractivity contribution in [2.75, 3.05) is 13.7 Å². The number of hydrogen-bond acceptors (Lipinski definition) is 4. The van der Waals surface area contributed by atoms with Gasteiger partial charge in [0.25, 0.3) is 0 Å². The lowest BCUT2D eigenvalue weighted by molar-refractivity contribution is 0.0692. The fourth-order valence-electron chi connectivity index (χ4n) is 2.32. The quantitative estimate of drug-likeness (QED) is 0.731.